The van der Waals surface area contributed by atoms with Gasteiger partial charge >= 0.3 is 0 Å². The lowest BCUT2D eigenvalue weighted by Gasteiger charge is -2.04. The molecule has 0 radical (unpaired) electrons. The molecule has 0 atom stereocenters. The van der Waals surface area contributed by atoms with E-state index in [2.05, 4.69) is 15.3 Å². The van der Waals surface area contributed by atoms with Crippen molar-refractivity contribution in [3.63, 3.8) is 0 Å². The van der Waals surface area contributed by atoms with Gasteiger partial charge in [0.15, 0.2) is 0 Å². The molecule has 26 heavy (non-hydrogen) atoms. The molecule has 0 unspecified atom stereocenters. The number of carbonyl (C=O) groups is 1. The second-order valence-electron chi connectivity index (χ2n) is 5.94. The van der Waals surface area contributed by atoms with Crippen LogP contribution >= 0.6 is 0 Å². The second kappa shape index (κ2) is 6.33. The third kappa shape index (κ3) is 2.77. The van der Waals surface area contributed by atoms with E-state index < -0.39 is 0 Å². The van der Waals surface area contributed by atoms with Crippen molar-refractivity contribution in [1.82, 2.24) is 14.5 Å². The van der Waals surface area contributed by atoms with Crippen molar-refractivity contribution in [2.24, 2.45) is 0 Å². The molecule has 2 heterocycles. The average Bonchev–Trinajstić information content (AvgIpc) is 3.04. The minimum absolute atomic E-state index is 0.119. The van der Waals surface area contributed by atoms with Gasteiger partial charge in [0.05, 0.1) is 6.33 Å². The van der Waals surface area contributed by atoms with Crippen LogP contribution in [-0.4, -0.2) is 20.4 Å². The van der Waals surface area contributed by atoms with E-state index in [9.17, 15) is 9.59 Å². The van der Waals surface area contributed by atoms with Gasteiger partial charge in [0.2, 0.25) is 5.91 Å². The molecule has 0 bridgehead atoms. The van der Waals surface area contributed by atoms with E-state index in [0.29, 0.717) is 11.0 Å². The molecule has 0 saturated carbocycles. The number of hydrogen-bond acceptors (Lipinski definition) is 3. The Morgan fingerprint density at radius 1 is 1.08 bits per heavy atom. The minimum Gasteiger partial charge on any atom is -0.326 e. The van der Waals surface area contributed by atoms with E-state index in [0.717, 1.165) is 22.5 Å². The largest absolute Gasteiger partial charge is 0.326 e. The molecule has 0 spiro atoms. The summed E-state index contributed by atoms with van der Waals surface area (Å²) in [5.41, 5.74) is 4.31. The van der Waals surface area contributed by atoms with Crippen LogP contribution in [0.25, 0.3) is 27.8 Å². The number of aromatic amines is 1. The average molecular weight is 344 g/mol. The first-order valence-electron chi connectivity index (χ1n) is 8.15. The number of nitrogens with one attached hydrogen (secondary N) is 2. The standard InChI is InChI=1S/C20H16N4O2/c1-13(25)23-15-9-7-14(8-10-15)17-11-24(16-5-3-2-4-6-16)19-18(17)21-12-22-20(19)26/h2-12H,1H3,(H,23,25)(H,21,22,26). The number of anilines is 1. The summed E-state index contributed by atoms with van der Waals surface area (Å²) in [5, 5.41) is 2.75. The highest BCUT2D eigenvalue weighted by Crippen LogP contribution is 2.30. The normalized spacial score (nSPS) is 10.8. The first-order valence-corrected chi connectivity index (χ1v) is 8.15. The molecule has 0 aliphatic rings. The van der Waals surface area contributed by atoms with Crippen LogP contribution < -0.4 is 10.9 Å². The summed E-state index contributed by atoms with van der Waals surface area (Å²) < 4.78 is 1.85. The van der Waals surface area contributed by atoms with E-state index in [1.807, 2.05) is 65.4 Å². The van der Waals surface area contributed by atoms with E-state index in [1.54, 1.807) is 0 Å². The lowest BCUT2D eigenvalue weighted by atomic mass is 10.1. The molecule has 6 heteroatoms. The fourth-order valence-electron chi connectivity index (χ4n) is 3.01. The molecule has 2 aromatic heterocycles. The van der Waals surface area contributed by atoms with Gasteiger partial charge in [-0.2, -0.15) is 0 Å². The quantitative estimate of drug-likeness (QED) is 0.598. The Balaban J connectivity index is 1.90. The van der Waals surface area contributed by atoms with Crippen molar-refractivity contribution in [2.45, 2.75) is 6.92 Å². The summed E-state index contributed by atoms with van der Waals surface area (Å²) in [5.74, 6) is -0.119. The van der Waals surface area contributed by atoms with Crippen molar-refractivity contribution in [3.05, 3.63) is 77.5 Å². The highest BCUT2D eigenvalue weighted by Gasteiger charge is 2.15. The SMILES string of the molecule is CC(=O)Nc1ccc(-c2cn(-c3ccccc3)c3c(=O)[nH]cnc23)cc1. The smallest absolute Gasteiger partial charge is 0.275 e. The zero-order valence-electron chi connectivity index (χ0n) is 14.1. The monoisotopic (exact) mass is 344 g/mol. The number of para-hydroxylation sites is 1. The molecule has 0 aliphatic heterocycles. The number of rotatable bonds is 3. The molecular formula is C20H16N4O2. The number of hydrogen-bond donors (Lipinski definition) is 2. The lowest BCUT2D eigenvalue weighted by molar-refractivity contribution is -0.114. The summed E-state index contributed by atoms with van der Waals surface area (Å²) in [6, 6.07) is 17.1. The topological polar surface area (TPSA) is 79.8 Å². The van der Waals surface area contributed by atoms with Gasteiger partial charge in [-0.05, 0) is 29.8 Å². The zero-order valence-corrected chi connectivity index (χ0v) is 14.1. The third-order valence-corrected chi connectivity index (χ3v) is 4.13. The van der Waals surface area contributed by atoms with E-state index >= 15 is 0 Å². The van der Waals surface area contributed by atoms with Gasteiger partial charge in [0.1, 0.15) is 11.0 Å². The summed E-state index contributed by atoms with van der Waals surface area (Å²) in [7, 11) is 0. The Hall–Kier alpha value is -3.67. The van der Waals surface area contributed by atoms with Crippen molar-refractivity contribution in [2.75, 3.05) is 5.32 Å². The van der Waals surface area contributed by atoms with Crippen LogP contribution in [0.15, 0.2) is 71.9 Å². The van der Waals surface area contributed by atoms with Gasteiger partial charge < -0.3 is 14.9 Å². The van der Waals surface area contributed by atoms with Gasteiger partial charge in [0, 0.05) is 30.1 Å². The summed E-state index contributed by atoms with van der Waals surface area (Å²) in [6.45, 7) is 1.47. The summed E-state index contributed by atoms with van der Waals surface area (Å²) >= 11 is 0. The predicted molar refractivity (Wildman–Crippen MR) is 101 cm³/mol. The molecule has 0 aliphatic carbocycles. The van der Waals surface area contributed by atoms with Crippen LogP contribution in [0, 0.1) is 0 Å². The fourth-order valence-corrected chi connectivity index (χ4v) is 3.01. The van der Waals surface area contributed by atoms with Crippen LogP contribution in [0.3, 0.4) is 0 Å². The molecule has 4 aromatic rings. The molecule has 2 N–H and O–H groups in total. The molecular weight excluding hydrogens is 328 g/mol. The van der Waals surface area contributed by atoms with E-state index in [1.165, 1.54) is 13.3 Å². The van der Waals surface area contributed by atoms with E-state index in [-0.39, 0.29) is 11.5 Å². The molecule has 128 valence electrons. The maximum Gasteiger partial charge on any atom is 0.275 e. The maximum atomic E-state index is 12.4. The summed E-state index contributed by atoms with van der Waals surface area (Å²) in [4.78, 5) is 30.6. The number of H-pyrrole nitrogens is 1. The fraction of sp³-hybridized carbons (Fsp3) is 0.0500. The Bertz CT molecular complexity index is 1140. The molecule has 1 amide bonds. The van der Waals surface area contributed by atoms with Gasteiger partial charge in [-0.15, -0.1) is 0 Å². The first kappa shape index (κ1) is 15.8. The molecule has 0 fully saturated rings. The lowest BCUT2D eigenvalue weighted by Crippen LogP contribution is -2.09. The van der Waals surface area contributed by atoms with Crippen LogP contribution in [-0.2, 0) is 4.79 Å². The zero-order chi connectivity index (χ0) is 18.1. The Morgan fingerprint density at radius 3 is 2.50 bits per heavy atom. The van der Waals surface area contributed by atoms with Gasteiger partial charge in [-0.25, -0.2) is 4.98 Å². The second-order valence-corrected chi connectivity index (χ2v) is 5.94. The Labute approximate surface area is 149 Å². The van der Waals surface area contributed by atoms with Gasteiger partial charge in [-0.3, -0.25) is 9.59 Å². The first-order chi connectivity index (χ1) is 12.6. The van der Waals surface area contributed by atoms with Crippen molar-refractivity contribution in [1.29, 1.82) is 0 Å². The van der Waals surface area contributed by atoms with Crippen LogP contribution in [0.1, 0.15) is 6.92 Å². The van der Waals surface area contributed by atoms with Crippen LogP contribution in [0.4, 0.5) is 5.69 Å². The van der Waals surface area contributed by atoms with Crippen LogP contribution in [0.5, 0.6) is 0 Å². The molecule has 0 saturated heterocycles. The number of nitrogens with zero attached hydrogens (tertiary/aromatic N) is 2. The van der Waals surface area contributed by atoms with Gasteiger partial charge in [-0.1, -0.05) is 30.3 Å². The van der Waals surface area contributed by atoms with Crippen LogP contribution in [0.2, 0.25) is 0 Å². The third-order valence-electron chi connectivity index (χ3n) is 4.13. The molecule has 4 rings (SSSR count). The number of amides is 1. The van der Waals surface area contributed by atoms with Gasteiger partial charge in [0.25, 0.3) is 5.56 Å². The van der Waals surface area contributed by atoms with Crippen molar-refractivity contribution >= 4 is 22.6 Å². The Kier molecular flexibility index (Phi) is 3.85. The van der Waals surface area contributed by atoms with Crippen molar-refractivity contribution < 1.29 is 4.79 Å². The Morgan fingerprint density at radius 2 is 1.81 bits per heavy atom. The predicted octanol–water partition coefficient (Wildman–Crippen LogP) is 3.34. The highest BCUT2D eigenvalue weighted by atomic mass is 16.1. The molecule has 2 aromatic carbocycles. The maximum absolute atomic E-state index is 12.4. The minimum atomic E-state index is -0.194. The van der Waals surface area contributed by atoms with E-state index in [4.69, 9.17) is 0 Å². The number of aromatic nitrogens is 3. The highest BCUT2D eigenvalue weighted by molar-refractivity contribution is 5.94. The van der Waals surface area contributed by atoms with Crippen molar-refractivity contribution in [3.8, 4) is 16.8 Å². The number of fused-ring (bicyclic) bond motifs is 1. The molecule has 6 nitrogen and oxygen atoms in total. The number of benzene rings is 2. The summed E-state index contributed by atoms with van der Waals surface area (Å²) in [6.07, 6.45) is 3.32. The number of carbonyl (C=O) groups excluding carboxylic acids is 1.